The van der Waals surface area contributed by atoms with Gasteiger partial charge in [-0.05, 0) is 70.4 Å². The van der Waals surface area contributed by atoms with Gasteiger partial charge in [0, 0.05) is 36.7 Å². The van der Waals surface area contributed by atoms with Gasteiger partial charge in [-0.2, -0.15) is 0 Å². The fourth-order valence-corrected chi connectivity index (χ4v) is 4.51. The van der Waals surface area contributed by atoms with Gasteiger partial charge in [-0.3, -0.25) is 0 Å². The first-order chi connectivity index (χ1) is 16.7. The van der Waals surface area contributed by atoms with Crippen LogP contribution in [0.1, 0.15) is 57.6 Å². The van der Waals surface area contributed by atoms with Crippen LogP contribution in [-0.2, 0) is 14.3 Å². The van der Waals surface area contributed by atoms with Crippen LogP contribution < -0.4 is 5.32 Å². The number of nitrogens with zero attached hydrogens (tertiary/aromatic N) is 2. The van der Waals surface area contributed by atoms with Crippen molar-refractivity contribution in [2.75, 3.05) is 31.6 Å². The zero-order chi connectivity index (χ0) is 25.2. The van der Waals surface area contributed by atoms with E-state index in [2.05, 4.69) is 5.32 Å². The lowest BCUT2D eigenvalue weighted by Gasteiger charge is -2.35. The van der Waals surface area contributed by atoms with Crippen molar-refractivity contribution in [3.8, 4) is 17.0 Å². The zero-order valence-corrected chi connectivity index (χ0v) is 20.8. The molecule has 2 aliphatic heterocycles. The molecule has 0 spiro atoms. The van der Waals surface area contributed by atoms with E-state index >= 15 is 0 Å². The zero-order valence-electron chi connectivity index (χ0n) is 20.8. The summed E-state index contributed by atoms with van der Waals surface area (Å²) in [5.41, 5.74) is 2.99. The standard InChI is InChI=1S/C27H33N3O5/c1-5-34-25(32)18-13-21-20(17-9-8-12-30(16-17)26(33)35-27(2,3)4)14-22(29-24(21)28-15-18)19-10-6-7-11-23(19)31/h6-7,10-11,13-14,17,31H,5,8-9,12,15-16H2,1-4H3,(H,28,29). The summed E-state index contributed by atoms with van der Waals surface area (Å²) < 4.78 is 10.8. The van der Waals surface area contributed by atoms with E-state index in [9.17, 15) is 14.7 Å². The van der Waals surface area contributed by atoms with Crippen LogP contribution in [0.4, 0.5) is 10.6 Å². The number of piperidine rings is 1. The molecule has 1 unspecified atom stereocenters. The Bertz CT molecular complexity index is 1150. The van der Waals surface area contributed by atoms with Crippen molar-refractivity contribution in [3.63, 3.8) is 0 Å². The van der Waals surface area contributed by atoms with Crippen LogP contribution in [0.2, 0.25) is 0 Å². The molecule has 8 nitrogen and oxygen atoms in total. The molecule has 8 heteroatoms. The highest BCUT2D eigenvalue weighted by atomic mass is 16.6. The Balaban J connectivity index is 1.76. The number of aromatic hydroxyl groups is 1. The van der Waals surface area contributed by atoms with E-state index in [1.165, 1.54) is 0 Å². The number of rotatable bonds is 4. The molecule has 0 aliphatic carbocycles. The van der Waals surface area contributed by atoms with Crippen LogP contribution in [0.5, 0.6) is 5.75 Å². The monoisotopic (exact) mass is 479 g/mol. The number of carbonyl (C=O) groups is 2. The minimum absolute atomic E-state index is 0.0113. The molecular weight excluding hydrogens is 446 g/mol. The maximum Gasteiger partial charge on any atom is 0.410 e. The van der Waals surface area contributed by atoms with Gasteiger partial charge in [-0.15, -0.1) is 0 Å². The van der Waals surface area contributed by atoms with Crippen LogP contribution in [-0.4, -0.2) is 58.9 Å². The largest absolute Gasteiger partial charge is 0.507 e. The fraction of sp³-hybridized carbons (Fsp3) is 0.444. The Morgan fingerprint density at radius 2 is 2.03 bits per heavy atom. The smallest absolute Gasteiger partial charge is 0.410 e. The van der Waals surface area contributed by atoms with Gasteiger partial charge in [0.05, 0.1) is 17.9 Å². The van der Waals surface area contributed by atoms with Crippen LogP contribution in [0.15, 0.2) is 35.9 Å². The minimum atomic E-state index is -0.570. The molecule has 186 valence electrons. The number of nitrogens with one attached hydrogen (secondary N) is 1. The Hall–Kier alpha value is -3.55. The molecule has 2 aliphatic rings. The Kier molecular flexibility index (Phi) is 7.00. The predicted octanol–water partition coefficient (Wildman–Crippen LogP) is 4.94. The van der Waals surface area contributed by atoms with Gasteiger partial charge in [0.25, 0.3) is 0 Å². The average molecular weight is 480 g/mol. The van der Waals surface area contributed by atoms with Crippen molar-refractivity contribution in [1.82, 2.24) is 9.88 Å². The second-order valence-corrected chi connectivity index (χ2v) is 9.89. The molecule has 1 fully saturated rings. The third-order valence-corrected chi connectivity index (χ3v) is 6.09. The van der Waals surface area contributed by atoms with Gasteiger partial charge >= 0.3 is 12.1 Å². The Morgan fingerprint density at radius 3 is 2.74 bits per heavy atom. The highest BCUT2D eigenvalue weighted by Crippen LogP contribution is 2.39. The molecule has 1 atom stereocenters. The highest BCUT2D eigenvalue weighted by Gasteiger charge is 2.31. The summed E-state index contributed by atoms with van der Waals surface area (Å²) in [4.78, 5) is 31.8. The summed E-state index contributed by atoms with van der Waals surface area (Å²) in [6, 6.07) is 9.04. The number of anilines is 1. The number of para-hydroxylation sites is 1. The Labute approximate surface area is 206 Å². The number of hydrogen-bond acceptors (Lipinski definition) is 7. The van der Waals surface area contributed by atoms with Crippen LogP contribution in [0, 0.1) is 0 Å². The van der Waals surface area contributed by atoms with E-state index in [0.29, 0.717) is 48.9 Å². The maximum atomic E-state index is 12.8. The van der Waals surface area contributed by atoms with Crippen LogP contribution in [0.25, 0.3) is 17.3 Å². The summed E-state index contributed by atoms with van der Waals surface area (Å²) in [6.07, 6.45) is 3.22. The number of ether oxygens (including phenoxy) is 2. The number of carbonyl (C=O) groups excluding carboxylic acids is 2. The van der Waals surface area contributed by atoms with Crippen molar-refractivity contribution < 1.29 is 24.2 Å². The van der Waals surface area contributed by atoms with Gasteiger partial charge in [-0.1, -0.05) is 12.1 Å². The predicted molar refractivity (Wildman–Crippen MR) is 134 cm³/mol. The normalized spacial score (nSPS) is 17.7. The molecule has 1 aromatic heterocycles. The minimum Gasteiger partial charge on any atom is -0.507 e. The van der Waals surface area contributed by atoms with Gasteiger partial charge in [0.15, 0.2) is 0 Å². The van der Waals surface area contributed by atoms with E-state index < -0.39 is 5.60 Å². The SMILES string of the molecule is CCOC(=O)C1=Cc2c(C3CCCN(C(=O)OC(C)(C)C)C3)cc(-c3ccccc3O)nc2NC1. The topological polar surface area (TPSA) is 101 Å². The first kappa shape index (κ1) is 24.6. The highest BCUT2D eigenvalue weighted by molar-refractivity contribution is 5.97. The van der Waals surface area contributed by atoms with Crippen molar-refractivity contribution in [1.29, 1.82) is 0 Å². The molecule has 0 bridgehead atoms. The van der Waals surface area contributed by atoms with E-state index in [4.69, 9.17) is 14.5 Å². The number of pyridine rings is 1. The Morgan fingerprint density at radius 1 is 1.26 bits per heavy atom. The molecule has 3 heterocycles. The van der Waals surface area contributed by atoms with Gasteiger partial charge < -0.3 is 24.8 Å². The summed E-state index contributed by atoms with van der Waals surface area (Å²) in [6.45, 7) is 9.08. The number of fused-ring (bicyclic) bond motifs is 1. The van der Waals surface area contributed by atoms with E-state index in [1.807, 2.05) is 45.0 Å². The van der Waals surface area contributed by atoms with Gasteiger partial charge in [0.2, 0.25) is 0 Å². The second-order valence-electron chi connectivity index (χ2n) is 9.89. The van der Waals surface area contributed by atoms with Crippen molar-refractivity contribution >= 4 is 24.0 Å². The van der Waals surface area contributed by atoms with E-state index in [1.54, 1.807) is 24.0 Å². The number of benzene rings is 1. The number of hydrogen-bond donors (Lipinski definition) is 2. The average Bonchev–Trinajstić information content (AvgIpc) is 2.82. The number of phenols is 1. The third kappa shape index (κ3) is 5.58. The lowest BCUT2D eigenvalue weighted by atomic mass is 9.85. The summed E-state index contributed by atoms with van der Waals surface area (Å²) in [5, 5.41) is 13.7. The first-order valence-electron chi connectivity index (χ1n) is 12.1. The van der Waals surface area contributed by atoms with Crippen LogP contribution >= 0.6 is 0 Å². The number of phenolic OH excluding ortho intramolecular Hbond substituents is 1. The molecule has 2 N–H and O–H groups in total. The molecular formula is C27H33N3O5. The molecule has 2 aromatic rings. The molecule has 1 saturated heterocycles. The van der Waals surface area contributed by atoms with Crippen LogP contribution in [0.3, 0.4) is 0 Å². The van der Waals surface area contributed by atoms with E-state index in [0.717, 1.165) is 24.0 Å². The van der Waals surface area contributed by atoms with E-state index in [-0.39, 0.29) is 23.7 Å². The number of aromatic nitrogens is 1. The number of esters is 1. The molecule has 0 radical (unpaired) electrons. The summed E-state index contributed by atoms with van der Waals surface area (Å²) in [7, 11) is 0. The molecule has 1 amide bonds. The lowest BCUT2D eigenvalue weighted by molar-refractivity contribution is -0.138. The lowest BCUT2D eigenvalue weighted by Crippen LogP contribution is -2.42. The van der Waals surface area contributed by atoms with Crippen molar-refractivity contribution in [3.05, 3.63) is 47.0 Å². The molecule has 0 saturated carbocycles. The van der Waals surface area contributed by atoms with Gasteiger partial charge in [-0.25, -0.2) is 14.6 Å². The maximum absolute atomic E-state index is 12.8. The summed E-state index contributed by atoms with van der Waals surface area (Å²) in [5.74, 6) is 0.435. The van der Waals surface area contributed by atoms with Crippen molar-refractivity contribution in [2.24, 2.45) is 0 Å². The fourth-order valence-electron chi connectivity index (χ4n) is 4.51. The number of likely N-dealkylation sites (tertiary alicyclic amines) is 1. The molecule has 4 rings (SSSR count). The van der Waals surface area contributed by atoms with Crippen molar-refractivity contribution in [2.45, 2.75) is 52.1 Å². The molecule has 1 aromatic carbocycles. The van der Waals surface area contributed by atoms with Gasteiger partial charge in [0.1, 0.15) is 17.2 Å². The number of amides is 1. The third-order valence-electron chi connectivity index (χ3n) is 6.09. The summed E-state index contributed by atoms with van der Waals surface area (Å²) >= 11 is 0. The second kappa shape index (κ2) is 9.98. The molecule has 35 heavy (non-hydrogen) atoms. The first-order valence-corrected chi connectivity index (χ1v) is 12.1. The quantitative estimate of drug-likeness (QED) is 0.599.